The van der Waals surface area contributed by atoms with Crippen LogP contribution < -0.4 is 21.7 Å². The van der Waals surface area contributed by atoms with E-state index in [1.54, 1.807) is 24.3 Å². The Morgan fingerprint density at radius 2 is 1.50 bits per heavy atom. The van der Waals surface area contributed by atoms with E-state index in [2.05, 4.69) is 16.0 Å². The van der Waals surface area contributed by atoms with Crippen molar-refractivity contribution >= 4 is 35.5 Å². The predicted octanol–water partition coefficient (Wildman–Crippen LogP) is -0.113. The summed E-state index contributed by atoms with van der Waals surface area (Å²) in [4.78, 5) is 49.8. The van der Waals surface area contributed by atoms with Gasteiger partial charge in [0.25, 0.3) is 0 Å². The van der Waals surface area contributed by atoms with Crippen molar-refractivity contribution in [2.75, 3.05) is 18.6 Å². The van der Waals surface area contributed by atoms with E-state index in [1.807, 2.05) is 26.2 Å². The molecule has 34 heavy (non-hydrogen) atoms. The molecule has 0 radical (unpaired) electrons. The third-order valence-electron chi connectivity index (χ3n) is 5.01. The van der Waals surface area contributed by atoms with Crippen molar-refractivity contribution in [3.63, 3.8) is 0 Å². The predicted molar refractivity (Wildman–Crippen MR) is 131 cm³/mol. The van der Waals surface area contributed by atoms with Crippen molar-refractivity contribution < 1.29 is 29.4 Å². The summed E-state index contributed by atoms with van der Waals surface area (Å²) in [6.07, 6.45) is 2.51. The fourth-order valence-corrected chi connectivity index (χ4v) is 3.64. The van der Waals surface area contributed by atoms with Crippen LogP contribution in [-0.2, 0) is 25.6 Å². The van der Waals surface area contributed by atoms with Gasteiger partial charge in [-0.1, -0.05) is 44.2 Å². The highest BCUT2D eigenvalue weighted by Crippen LogP contribution is 2.09. The SMILES string of the molecule is CSCCC(NC(=O)C(N)CO)C(=O)NC(CC(C)C)C(=O)NC(Cc1ccccc1)C(=O)O. The number of hydrogen-bond acceptors (Lipinski definition) is 7. The zero-order valence-corrected chi connectivity index (χ0v) is 20.6. The normalized spacial score (nSPS) is 14.5. The Kier molecular flexibility index (Phi) is 13.2. The molecule has 0 fully saturated rings. The molecule has 4 atom stereocenters. The molecule has 1 rings (SSSR count). The zero-order valence-electron chi connectivity index (χ0n) is 19.8. The first kappa shape index (κ1) is 29.4. The molecular weight excluding hydrogens is 460 g/mol. The van der Waals surface area contributed by atoms with Crippen LogP contribution in [0.3, 0.4) is 0 Å². The summed E-state index contributed by atoms with van der Waals surface area (Å²) in [6.45, 7) is 3.18. The van der Waals surface area contributed by atoms with Gasteiger partial charge in [-0.15, -0.1) is 0 Å². The van der Waals surface area contributed by atoms with Crippen LogP contribution in [0.2, 0.25) is 0 Å². The fraction of sp³-hybridized carbons (Fsp3) is 0.565. The molecule has 0 saturated heterocycles. The van der Waals surface area contributed by atoms with Crippen molar-refractivity contribution in [2.24, 2.45) is 11.7 Å². The zero-order chi connectivity index (χ0) is 25.7. The molecule has 0 aliphatic rings. The summed E-state index contributed by atoms with van der Waals surface area (Å²) < 4.78 is 0. The number of carboxylic acid groups (broad SMARTS) is 1. The van der Waals surface area contributed by atoms with E-state index in [1.165, 1.54) is 11.8 Å². The smallest absolute Gasteiger partial charge is 0.326 e. The maximum absolute atomic E-state index is 13.0. The monoisotopic (exact) mass is 496 g/mol. The highest BCUT2D eigenvalue weighted by atomic mass is 32.2. The largest absolute Gasteiger partial charge is 0.480 e. The second kappa shape index (κ2) is 15.3. The van der Waals surface area contributed by atoms with Crippen LogP contribution in [0.1, 0.15) is 32.3 Å². The summed E-state index contributed by atoms with van der Waals surface area (Å²) in [7, 11) is 0. The topological polar surface area (TPSA) is 171 Å². The molecule has 0 bridgehead atoms. The number of aliphatic carboxylic acids is 1. The Balaban J connectivity index is 2.97. The lowest BCUT2D eigenvalue weighted by Crippen LogP contribution is -2.58. The first-order valence-corrected chi connectivity index (χ1v) is 12.5. The highest BCUT2D eigenvalue weighted by Gasteiger charge is 2.30. The summed E-state index contributed by atoms with van der Waals surface area (Å²) in [5, 5.41) is 26.4. The van der Waals surface area contributed by atoms with Crippen molar-refractivity contribution in [3.05, 3.63) is 35.9 Å². The summed E-state index contributed by atoms with van der Waals surface area (Å²) in [5.74, 6) is -2.48. The first-order valence-electron chi connectivity index (χ1n) is 11.1. The molecule has 1 aromatic carbocycles. The maximum atomic E-state index is 13.0. The number of carbonyl (C=O) groups excluding carboxylic acids is 3. The molecule has 0 heterocycles. The average molecular weight is 497 g/mol. The maximum Gasteiger partial charge on any atom is 0.326 e. The molecule has 0 aliphatic heterocycles. The summed E-state index contributed by atoms with van der Waals surface area (Å²) in [5.41, 5.74) is 6.29. The molecule has 1 aromatic rings. The van der Waals surface area contributed by atoms with Crippen molar-refractivity contribution in [2.45, 2.75) is 57.3 Å². The molecule has 11 heteroatoms. The van der Waals surface area contributed by atoms with Crippen LogP contribution >= 0.6 is 11.8 Å². The van der Waals surface area contributed by atoms with Gasteiger partial charge >= 0.3 is 5.97 Å². The van der Waals surface area contributed by atoms with Crippen LogP contribution in [0.25, 0.3) is 0 Å². The lowest BCUT2D eigenvalue weighted by Gasteiger charge is -2.26. The van der Waals surface area contributed by atoms with Gasteiger partial charge in [-0.25, -0.2) is 4.79 Å². The number of nitrogens with one attached hydrogen (secondary N) is 3. The van der Waals surface area contributed by atoms with Gasteiger partial charge in [0.1, 0.15) is 24.2 Å². The van der Waals surface area contributed by atoms with Gasteiger partial charge in [-0.3, -0.25) is 14.4 Å². The average Bonchev–Trinajstić information content (AvgIpc) is 2.80. The quantitative estimate of drug-likeness (QED) is 0.195. The van der Waals surface area contributed by atoms with Crippen molar-refractivity contribution in [1.82, 2.24) is 16.0 Å². The van der Waals surface area contributed by atoms with E-state index in [4.69, 9.17) is 10.8 Å². The van der Waals surface area contributed by atoms with Crippen molar-refractivity contribution in [3.8, 4) is 0 Å². The van der Waals surface area contributed by atoms with Gasteiger partial charge in [-0.05, 0) is 36.3 Å². The van der Waals surface area contributed by atoms with E-state index < -0.39 is 54.5 Å². The number of aliphatic hydroxyl groups excluding tert-OH is 1. The van der Waals surface area contributed by atoms with Crippen LogP contribution in [0.15, 0.2) is 30.3 Å². The molecule has 10 nitrogen and oxygen atoms in total. The van der Waals surface area contributed by atoms with E-state index in [9.17, 15) is 24.3 Å². The van der Waals surface area contributed by atoms with Gasteiger partial charge in [-0.2, -0.15) is 11.8 Å². The highest BCUT2D eigenvalue weighted by molar-refractivity contribution is 7.98. The minimum absolute atomic E-state index is 0.0236. The summed E-state index contributed by atoms with van der Waals surface area (Å²) >= 11 is 1.48. The molecule has 0 aromatic heterocycles. The van der Waals surface area contributed by atoms with Gasteiger partial charge in [0.2, 0.25) is 17.7 Å². The molecule has 4 unspecified atom stereocenters. The van der Waals surface area contributed by atoms with Crippen LogP contribution in [0.4, 0.5) is 0 Å². The third-order valence-corrected chi connectivity index (χ3v) is 5.66. The molecule has 0 spiro atoms. The van der Waals surface area contributed by atoms with Crippen LogP contribution in [-0.4, -0.2) is 76.7 Å². The Morgan fingerprint density at radius 3 is 2.03 bits per heavy atom. The first-order chi connectivity index (χ1) is 16.1. The van der Waals surface area contributed by atoms with Crippen molar-refractivity contribution in [1.29, 1.82) is 0 Å². The number of benzene rings is 1. The van der Waals surface area contributed by atoms with Crippen LogP contribution in [0, 0.1) is 5.92 Å². The Hall–Kier alpha value is -2.63. The minimum Gasteiger partial charge on any atom is -0.480 e. The number of amides is 3. The van der Waals surface area contributed by atoms with Gasteiger partial charge < -0.3 is 31.9 Å². The Bertz CT molecular complexity index is 808. The number of hydrogen-bond donors (Lipinski definition) is 6. The van der Waals surface area contributed by atoms with E-state index in [0.717, 1.165) is 5.56 Å². The standard InChI is InChI=1S/C23H36N4O6S/c1-14(2)11-18(22(31)27-19(23(32)33)12-15-7-5-4-6-8-15)26-21(30)17(9-10-34-3)25-20(29)16(24)13-28/h4-8,14,16-19,28H,9-13,24H2,1-3H3,(H,25,29)(H,26,30)(H,27,31)(H,32,33). The third kappa shape index (κ3) is 10.5. The Morgan fingerprint density at radius 1 is 0.941 bits per heavy atom. The molecular formula is C23H36N4O6S. The molecule has 190 valence electrons. The number of carboxylic acids is 1. The summed E-state index contributed by atoms with van der Waals surface area (Å²) in [6, 6.07) is 4.62. The number of nitrogens with two attached hydrogens (primary N) is 1. The van der Waals surface area contributed by atoms with Gasteiger partial charge in [0.15, 0.2) is 0 Å². The lowest BCUT2D eigenvalue weighted by molar-refractivity contribution is -0.142. The van der Waals surface area contributed by atoms with E-state index in [0.29, 0.717) is 12.2 Å². The second-order valence-corrected chi connectivity index (χ2v) is 9.40. The van der Waals surface area contributed by atoms with Gasteiger partial charge in [0.05, 0.1) is 6.61 Å². The van der Waals surface area contributed by atoms with E-state index in [-0.39, 0.29) is 18.8 Å². The van der Waals surface area contributed by atoms with Crippen LogP contribution in [0.5, 0.6) is 0 Å². The molecule has 0 saturated carbocycles. The number of rotatable bonds is 15. The molecule has 3 amide bonds. The second-order valence-electron chi connectivity index (χ2n) is 8.41. The molecule has 0 aliphatic carbocycles. The fourth-order valence-electron chi connectivity index (χ4n) is 3.16. The van der Waals surface area contributed by atoms with Gasteiger partial charge in [0, 0.05) is 6.42 Å². The number of thioether (sulfide) groups is 1. The Labute approximate surface area is 204 Å². The lowest BCUT2D eigenvalue weighted by atomic mass is 10.0. The van der Waals surface area contributed by atoms with E-state index >= 15 is 0 Å². The number of aliphatic hydroxyl groups is 1. The number of carbonyl (C=O) groups is 4. The minimum atomic E-state index is -1.19. The molecule has 7 N–H and O–H groups in total.